The average molecular weight is 566 g/mol. The van der Waals surface area contributed by atoms with Gasteiger partial charge < -0.3 is 24.8 Å². The number of amides is 2. The Hall–Kier alpha value is -3.30. The van der Waals surface area contributed by atoms with Gasteiger partial charge in [-0.15, -0.1) is 0 Å². The molecular formula is C32H43N3O6. The van der Waals surface area contributed by atoms with Crippen LogP contribution in [-0.2, 0) is 19.9 Å². The minimum Gasteiger partial charge on any atom is -0.444 e. The van der Waals surface area contributed by atoms with Gasteiger partial charge in [0, 0.05) is 55.6 Å². The summed E-state index contributed by atoms with van der Waals surface area (Å²) in [4.78, 5) is 44.3. The van der Waals surface area contributed by atoms with Crippen molar-refractivity contribution >= 4 is 17.8 Å². The minimum absolute atomic E-state index is 0.0169. The van der Waals surface area contributed by atoms with Crippen molar-refractivity contribution in [2.75, 3.05) is 32.8 Å². The predicted octanol–water partition coefficient (Wildman–Crippen LogP) is 4.42. The lowest BCUT2D eigenvalue weighted by Gasteiger charge is -2.56. The highest BCUT2D eigenvalue weighted by atomic mass is 16.6. The van der Waals surface area contributed by atoms with Crippen LogP contribution in [0.15, 0.2) is 42.7 Å². The van der Waals surface area contributed by atoms with Gasteiger partial charge in [-0.25, -0.2) is 4.79 Å². The first kappa shape index (κ1) is 30.7. The number of aromatic nitrogens is 1. The number of carbonyl (C=O) groups is 3. The monoisotopic (exact) mass is 565 g/mol. The molecule has 9 nitrogen and oxygen atoms in total. The SMILES string of the molecule is CC(C)c1ccc([C@](O)(c2cncc(C(=O)NCC(=O)C3CCOCC3)c2)C2(C)CN(C(=O)OC(C)(C)C)C2)cc1. The molecule has 2 aromatic rings. The number of hydrogen-bond acceptors (Lipinski definition) is 7. The Bertz CT molecular complexity index is 1260. The molecule has 0 aliphatic carbocycles. The first-order chi connectivity index (χ1) is 19.2. The molecule has 3 heterocycles. The van der Waals surface area contributed by atoms with Crippen molar-refractivity contribution in [1.82, 2.24) is 15.2 Å². The summed E-state index contributed by atoms with van der Waals surface area (Å²) >= 11 is 0. The van der Waals surface area contributed by atoms with Gasteiger partial charge in [0.2, 0.25) is 0 Å². The molecular weight excluding hydrogens is 522 g/mol. The van der Waals surface area contributed by atoms with Crippen LogP contribution in [0.5, 0.6) is 0 Å². The summed E-state index contributed by atoms with van der Waals surface area (Å²) in [5.74, 6) is -0.251. The van der Waals surface area contributed by atoms with Crippen LogP contribution in [0.1, 0.15) is 87.4 Å². The van der Waals surface area contributed by atoms with Gasteiger partial charge in [0.25, 0.3) is 5.91 Å². The molecule has 1 aromatic carbocycles. The molecule has 1 atom stereocenters. The third-order valence-electron chi connectivity index (χ3n) is 8.12. The first-order valence-electron chi connectivity index (χ1n) is 14.4. The number of ketones is 1. The van der Waals surface area contributed by atoms with Gasteiger partial charge in [0.05, 0.1) is 12.1 Å². The number of ether oxygens (including phenoxy) is 2. The second-order valence-electron chi connectivity index (χ2n) is 12.9. The van der Waals surface area contributed by atoms with Crippen LogP contribution in [0.4, 0.5) is 4.79 Å². The second kappa shape index (κ2) is 11.9. The van der Waals surface area contributed by atoms with E-state index >= 15 is 0 Å². The van der Waals surface area contributed by atoms with Crippen LogP contribution in [0.2, 0.25) is 0 Å². The number of rotatable bonds is 8. The molecule has 9 heteroatoms. The third kappa shape index (κ3) is 6.62. The number of Topliss-reactive ketones (excluding diaryl/α,β-unsaturated/α-hetero) is 1. The maximum Gasteiger partial charge on any atom is 0.410 e. The highest BCUT2D eigenvalue weighted by Gasteiger charge is 2.58. The molecule has 2 N–H and O–H groups in total. The predicted molar refractivity (Wildman–Crippen MR) is 155 cm³/mol. The lowest BCUT2D eigenvalue weighted by molar-refractivity contribution is -0.131. The molecule has 0 bridgehead atoms. The summed E-state index contributed by atoms with van der Waals surface area (Å²) in [6.45, 7) is 13.1. The van der Waals surface area contributed by atoms with Crippen molar-refractivity contribution < 1.29 is 29.0 Å². The molecule has 4 rings (SSSR count). The van der Waals surface area contributed by atoms with E-state index < -0.39 is 28.6 Å². The Labute approximate surface area is 242 Å². The zero-order valence-electron chi connectivity index (χ0n) is 25.0. The van der Waals surface area contributed by atoms with Crippen LogP contribution < -0.4 is 5.32 Å². The zero-order chi connectivity index (χ0) is 30.0. The Morgan fingerprint density at radius 3 is 2.32 bits per heavy atom. The second-order valence-corrected chi connectivity index (χ2v) is 12.9. The highest BCUT2D eigenvalue weighted by Crippen LogP contribution is 2.51. The Morgan fingerprint density at radius 1 is 1.10 bits per heavy atom. The number of aliphatic hydroxyl groups is 1. The topological polar surface area (TPSA) is 118 Å². The van der Waals surface area contributed by atoms with Crippen LogP contribution in [0.3, 0.4) is 0 Å². The van der Waals surface area contributed by atoms with Gasteiger partial charge in [-0.3, -0.25) is 14.6 Å². The quantitative estimate of drug-likeness (QED) is 0.486. The molecule has 1 aromatic heterocycles. The van der Waals surface area contributed by atoms with Gasteiger partial charge in [-0.1, -0.05) is 45.0 Å². The van der Waals surface area contributed by atoms with Crippen molar-refractivity contribution in [3.05, 3.63) is 65.0 Å². The number of hydrogen-bond donors (Lipinski definition) is 2. The number of carbonyl (C=O) groups excluding carboxylic acids is 3. The molecule has 0 unspecified atom stereocenters. The molecule has 2 aliphatic rings. The van der Waals surface area contributed by atoms with E-state index in [1.54, 1.807) is 17.2 Å². The fraction of sp³-hybridized carbons (Fsp3) is 0.562. The molecule has 2 saturated heterocycles. The Kier molecular flexibility index (Phi) is 8.90. The fourth-order valence-corrected chi connectivity index (χ4v) is 5.65. The standard InChI is InChI=1S/C32H43N3O6/c1-21(2)22-7-9-25(10-8-22)32(39,31(6)19-35(20-31)29(38)41-30(3,4)5)26-15-24(16-33-17-26)28(37)34-18-27(36)23-11-13-40-14-12-23/h7-10,15-17,21,23,39H,11-14,18-20H2,1-6H3,(H,34,37)/t32-/m0/s1. The molecule has 2 fully saturated rings. The summed E-state index contributed by atoms with van der Waals surface area (Å²) in [6, 6.07) is 9.40. The lowest BCUT2D eigenvalue weighted by atomic mass is 9.62. The lowest BCUT2D eigenvalue weighted by Crippen LogP contribution is -2.66. The zero-order valence-corrected chi connectivity index (χ0v) is 25.0. The van der Waals surface area contributed by atoms with Gasteiger partial charge in [-0.05, 0) is 56.7 Å². The molecule has 222 valence electrons. The van der Waals surface area contributed by atoms with E-state index in [0.29, 0.717) is 43.1 Å². The maximum atomic E-state index is 13.1. The molecule has 2 amide bonds. The summed E-state index contributed by atoms with van der Waals surface area (Å²) in [5.41, 5.74) is -0.547. The number of benzene rings is 1. The Morgan fingerprint density at radius 2 is 1.73 bits per heavy atom. The van der Waals surface area contributed by atoms with Gasteiger partial charge in [0.15, 0.2) is 5.78 Å². The number of nitrogens with one attached hydrogen (secondary N) is 1. The van der Waals surface area contributed by atoms with Crippen molar-refractivity contribution in [1.29, 1.82) is 0 Å². The third-order valence-corrected chi connectivity index (χ3v) is 8.12. The van der Waals surface area contributed by atoms with Crippen molar-refractivity contribution in [2.45, 2.75) is 71.5 Å². The number of nitrogens with zero attached hydrogens (tertiary/aromatic N) is 2. The summed E-state index contributed by atoms with van der Waals surface area (Å²) < 4.78 is 10.9. The number of likely N-dealkylation sites (tertiary alicyclic amines) is 1. The Balaban J connectivity index is 1.60. The van der Waals surface area contributed by atoms with Crippen molar-refractivity contribution in [3.63, 3.8) is 0 Å². The van der Waals surface area contributed by atoms with Gasteiger partial charge in [0.1, 0.15) is 11.2 Å². The van der Waals surface area contributed by atoms with Crippen molar-refractivity contribution in [2.24, 2.45) is 11.3 Å². The fourth-order valence-electron chi connectivity index (χ4n) is 5.65. The van der Waals surface area contributed by atoms with E-state index in [4.69, 9.17) is 9.47 Å². The highest BCUT2D eigenvalue weighted by molar-refractivity contribution is 5.97. The average Bonchev–Trinajstić information content (AvgIpc) is 2.93. The summed E-state index contributed by atoms with van der Waals surface area (Å²) in [6.07, 6.45) is 3.87. The van der Waals surface area contributed by atoms with E-state index in [-0.39, 0.29) is 36.9 Å². The van der Waals surface area contributed by atoms with E-state index in [9.17, 15) is 19.5 Å². The minimum atomic E-state index is -1.57. The van der Waals surface area contributed by atoms with Gasteiger partial charge >= 0.3 is 6.09 Å². The van der Waals surface area contributed by atoms with E-state index in [0.717, 1.165) is 5.56 Å². The smallest absolute Gasteiger partial charge is 0.410 e. The van der Waals surface area contributed by atoms with Gasteiger partial charge in [-0.2, -0.15) is 0 Å². The first-order valence-corrected chi connectivity index (χ1v) is 14.4. The molecule has 0 radical (unpaired) electrons. The molecule has 2 aliphatic heterocycles. The van der Waals surface area contributed by atoms with Crippen molar-refractivity contribution in [3.8, 4) is 0 Å². The number of pyridine rings is 1. The van der Waals surface area contributed by atoms with E-state index in [1.807, 2.05) is 52.0 Å². The molecule has 41 heavy (non-hydrogen) atoms. The molecule has 0 spiro atoms. The summed E-state index contributed by atoms with van der Waals surface area (Å²) in [5, 5.41) is 15.3. The maximum absolute atomic E-state index is 13.1. The molecule has 0 saturated carbocycles. The largest absolute Gasteiger partial charge is 0.444 e. The van der Waals surface area contributed by atoms with Crippen LogP contribution in [0.25, 0.3) is 0 Å². The van der Waals surface area contributed by atoms with Crippen LogP contribution >= 0.6 is 0 Å². The van der Waals surface area contributed by atoms with E-state index in [1.165, 1.54) is 6.20 Å². The van der Waals surface area contributed by atoms with Crippen LogP contribution in [0, 0.1) is 11.3 Å². The normalized spacial score (nSPS) is 18.8. The summed E-state index contributed by atoms with van der Waals surface area (Å²) in [7, 11) is 0. The van der Waals surface area contributed by atoms with Crippen LogP contribution in [-0.4, -0.2) is 71.2 Å². The van der Waals surface area contributed by atoms with E-state index in [2.05, 4.69) is 24.1 Å².